The monoisotopic (exact) mass is 352 g/mol. The second kappa shape index (κ2) is 7.04. The number of amides is 1. The van der Waals surface area contributed by atoms with E-state index in [0.29, 0.717) is 24.6 Å². The zero-order valence-corrected chi connectivity index (χ0v) is 14.8. The van der Waals surface area contributed by atoms with Gasteiger partial charge in [0, 0.05) is 24.8 Å². The molecule has 1 saturated heterocycles. The molecule has 2 heterocycles. The van der Waals surface area contributed by atoms with Gasteiger partial charge in [-0.25, -0.2) is 18.4 Å². The fourth-order valence-electron chi connectivity index (χ4n) is 3.53. The molecular formula is C16H24N4O3S. The number of anilines is 1. The summed E-state index contributed by atoms with van der Waals surface area (Å²) in [4.78, 5) is 22.9. The van der Waals surface area contributed by atoms with Crippen molar-refractivity contribution in [2.75, 3.05) is 23.0 Å². The Morgan fingerprint density at radius 1 is 1.33 bits per heavy atom. The summed E-state index contributed by atoms with van der Waals surface area (Å²) in [7, 11) is -2.98. The van der Waals surface area contributed by atoms with Crippen molar-refractivity contribution in [3.8, 4) is 0 Å². The number of rotatable bonds is 5. The number of sulfone groups is 1. The predicted molar refractivity (Wildman–Crippen MR) is 91.8 cm³/mol. The standard InChI is InChI=1S/C16H24N4O3S/c1-2-20(13-8-10-24(22,23)11-13)16-17-9-7-14(19-16)15(21)18-12-5-3-4-6-12/h7,9,12-13H,2-6,8,10-11H2,1H3,(H,18,21). The Balaban J connectivity index is 1.74. The summed E-state index contributed by atoms with van der Waals surface area (Å²) in [6.45, 7) is 2.55. The van der Waals surface area contributed by atoms with Crippen molar-refractivity contribution in [3.05, 3.63) is 18.0 Å². The molecule has 2 fully saturated rings. The Labute approximate surface area is 142 Å². The first kappa shape index (κ1) is 17.1. The zero-order valence-electron chi connectivity index (χ0n) is 13.9. The Morgan fingerprint density at radius 2 is 2.08 bits per heavy atom. The van der Waals surface area contributed by atoms with Gasteiger partial charge in [-0.2, -0.15) is 0 Å². The van der Waals surface area contributed by atoms with Gasteiger partial charge < -0.3 is 10.2 Å². The third-order valence-corrected chi connectivity index (χ3v) is 6.56. The largest absolute Gasteiger partial charge is 0.348 e. The smallest absolute Gasteiger partial charge is 0.270 e. The van der Waals surface area contributed by atoms with Crippen LogP contribution in [0.4, 0.5) is 5.95 Å². The summed E-state index contributed by atoms with van der Waals surface area (Å²) in [5.41, 5.74) is 0.339. The van der Waals surface area contributed by atoms with Crippen LogP contribution in [0.5, 0.6) is 0 Å². The van der Waals surface area contributed by atoms with E-state index >= 15 is 0 Å². The van der Waals surface area contributed by atoms with Gasteiger partial charge >= 0.3 is 0 Å². The maximum Gasteiger partial charge on any atom is 0.270 e. The van der Waals surface area contributed by atoms with E-state index in [0.717, 1.165) is 25.7 Å². The van der Waals surface area contributed by atoms with Crippen LogP contribution < -0.4 is 10.2 Å². The lowest BCUT2D eigenvalue weighted by Gasteiger charge is -2.26. The molecule has 132 valence electrons. The van der Waals surface area contributed by atoms with Crippen molar-refractivity contribution < 1.29 is 13.2 Å². The molecule has 8 heteroatoms. The summed E-state index contributed by atoms with van der Waals surface area (Å²) in [5.74, 6) is 0.581. The molecule has 1 saturated carbocycles. The Kier molecular flexibility index (Phi) is 5.03. The van der Waals surface area contributed by atoms with Gasteiger partial charge in [0.25, 0.3) is 5.91 Å². The summed E-state index contributed by atoms with van der Waals surface area (Å²) in [6.07, 6.45) is 6.49. The second-order valence-corrected chi connectivity index (χ2v) is 8.77. The Morgan fingerprint density at radius 3 is 2.71 bits per heavy atom. The van der Waals surface area contributed by atoms with Crippen molar-refractivity contribution >= 4 is 21.7 Å². The summed E-state index contributed by atoms with van der Waals surface area (Å²) in [6, 6.07) is 1.72. The zero-order chi connectivity index (χ0) is 17.2. The van der Waals surface area contributed by atoms with Gasteiger partial charge in [0.05, 0.1) is 11.5 Å². The Bertz CT molecular complexity index is 701. The highest BCUT2D eigenvalue weighted by atomic mass is 32.2. The molecule has 1 amide bonds. The first-order valence-electron chi connectivity index (χ1n) is 8.59. The lowest BCUT2D eigenvalue weighted by atomic mass is 10.2. The molecule has 1 aliphatic carbocycles. The number of hydrogen-bond acceptors (Lipinski definition) is 6. The maximum absolute atomic E-state index is 12.4. The van der Waals surface area contributed by atoms with Gasteiger partial charge in [-0.3, -0.25) is 4.79 Å². The highest BCUT2D eigenvalue weighted by molar-refractivity contribution is 7.91. The van der Waals surface area contributed by atoms with Gasteiger partial charge in [0.2, 0.25) is 5.95 Å². The number of carbonyl (C=O) groups is 1. The van der Waals surface area contributed by atoms with Crippen LogP contribution in [0.15, 0.2) is 12.3 Å². The van der Waals surface area contributed by atoms with Crippen LogP contribution in [0.2, 0.25) is 0 Å². The van der Waals surface area contributed by atoms with Crippen molar-refractivity contribution in [1.82, 2.24) is 15.3 Å². The summed E-state index contributed by atoms with van der Waals surface area (Å²) < 4.78 is 23.5. The highest BCUT2D eigenvalue weighted by Crippen LogP contribution is 2.22. The molecule has 0 spiro atoms. The molecule has 24 heavy (non-hydrogen) atoms. The third kappa shape index (κ3) is 3.85. The van der Waals surface area contributed by atoms with E-state index in [2.05, 4.69) is 15.3 Å². The van der Waals surface area contributed by atoms with Gasteiger partial charge in [-0.05, 0) is 32.3 Å². The number of aromatic nitrogens is 2. The molecule has 0 bridgehead atoms. The first-order chi connectivity index (χ1) is 11.5. The van der Waals surface area contributed by atoms with E-state index in [1.54, 1.807) is 12.3 Å². The van der Waals surface area contributed by atoms with E-state index in [9.17, 15) is 13.2 Å². The van der Waals surface area contributed by atoms with Crippen LogP contribution in [-0.4, -0.2) is 54.4 Å². The lowest BCUT2D eigenvalue weighted by Crippen LogP contribution is -2.38. The highest BCUT2D eigenvalue weighted by Gasteiger charge is 2.33. The number of nitrogens with zero attached hydrogens (tertiary/aromatic N) is 3. The average Bonchev–Trinajstić information content (AvgIpc) is 3.18. The quantitative estimate of drug-likeness (QED) is 0.855. The molecule has 7 nitrogen and oxygen atoms in total. The van der Waals surface area contributed by atoms with Crippen molar-refractivity contribution in [2.45, 2.75) is 51.1 Å². The molecule has 1 aliphatic heterocycles. The maximum atomic E-state index is 12.4. The van der Waals surface area contributed by atoms with Gasteiger partial charge in [-0.1, -0.05) is 12.8 Å². The fraction of sp³-hybridized carbons (Fsp3) is 0.688. The molecule has 1 aromatic heterocycles. The topological polar surface area (TPSA) is 92.3 Å². The predicted octanol–water partition coefficient (Wildman–Crippen LogP) is 1.16. The van der Waals surface area contributed by atoms with Crippen LogP contribution >= 0.6 is 0 Å². The third-order valence-electron chi connectivity index (χ3n) is 4.81. The molecule has 1 aromatic rings. The average molecular weight is 352 g/mol. The first-order valence-corrected chi connectivity index (χ1v) is 10.4. The summed E-state index contributed by atoms with van der Waals surface area (Å²) >= 11 is 0. The molecule has 0 aromatic carbocycles. The van der Waals surface area contributed by atoms with Gasteiger partial charge in [0.15, 0.2) is 9.84 Å². The minimum Gasteiger partial charge on any atom is -0.348 e. The molecule has 0 radical (unpaired) electrons. The van der Waals surface area contributed by atoms with Crippen LogP contribution in [0.3, 0.4) is 0 Å². The van der Waals surface area contributed by atoms with E-state index in [1.807, 2.05) is 11.8 Å². The van der Waals surface area contributed by atoms with Gasteiger partial charge in [0.1, 0.15) is 5.69 Å². The fourth-order valence-corrected chi connectivity index (χ4v) is 5.26. The van der Waals surface area contributed by atoms with Crippen LogP contribution in [0.25, 0.3) is 0 Å². The van der Waals surface area contributed by atoms with Crippen molar-refractivity contribution in [3.63, 3.8) is 0 Å². The molecule has 2 aliphatic rings. The van der Waals surface area contributed by atoms with E-state index < -0.39 is 9.84 Å². The number of hydrogen-bond donors (Lipinski definition) is 1. The lowest BCUT2D eigenvalue weighted by molar-refractivity contribution is 0.0932. The van der Waals surface area contributed by atoms with Crippen molar-refractivity contribution in [2.24, 2.45) is 0 Å². The minimum atomic E-state index is -2.98. The molecule has 1 N–H and O–H groups in total. The van der Waals surface area contributed by atoms with E-state index in [-0.39, 0.29) is 29.5 Å². The van der Waals surface area contributed by atoms with Crippen LogP contribution in [0.1, 0.15) is 49.5 Å². The van der Waals surface area contributed by atoms with Gasteiger partial charge in [-0.15, -0.1) is 0 Å². The van der Waals surface area contributed by atoms with Crippen molar-refractivity contribution in [1.29, 1.82) is 0 Å². The normalized spacial score (nSPS) is 23.3. The minimum absolute atomic E-state index is 0.117. The van der Waals surface area contributed by atoms with E-state index in [4.69, 9.17) is 0 Å². The number of carbonyl (C=O) groups excluding carboxylic acids is 1. The van der Waals surface area contributed by atoms with Crippen LogP contribution in [-0.2, 0) is 9.84 Å². The summed E-state index contributed by atoms with van der Waals surface area (Å²) in [5, 5.41) is 3.02. The molecule has 1 atom stereocenters. The van der Waals surface area contributed by atoms with Crippen LogP contribution in [0, 0.1) is 0 Å². The second-order valence-electron chi connectivity index (χ2n) is 6.54. The Hall–Kier alpha value is -1.70. The molecule has 1 unspecified atom stereocenters. The molecule has 3 rings (SSSR count). The molecular weight excluding hydrogens is 328 g/mol. The SMILES string of the molecule is CCN(c1nccc(C(=O)NC2CCCC2)n1)C1CCS(=O)(=O)C1. The number of nitrogens with one attached hydrogen (secondary N) is 1. The van der Waals surface area contributed by atoms with E-state index in [1.165, 1.54) is 0 Å².